The number of benzene rings is 1. The predicted molar refractivity (Wildman–Crippen MR) is 83.6 cm³/mol. The molecule has 5 nitrogen and oxygen atoms in total. The minimum atomic E-state index is 0.0344. The zero-order valence-corrected chi connectivity index (χ0v) is 13.9. The number of hydrogen-bond acceptors (Lipinski definition) is 5. The van der Waals surface area contributed by atoms with Gasteiger partial charge in [-0.1, -0.05) is 6.92 Å². The summed E-state index contributed by atoms with van der Waals surface area (Å²) in [6.07, 6.45) is 0.178. The van der Waals surface area contributed by atoms with Crippen LogP contribution in [0.3, 0.4) is 0 Å². The highest BCUT2D eigenvalue weighted by atomic mass is 16.5. The average Bonchev–Trinajstić information content (AvgIpc) is 2.49. The van der Waals surface area contributed by atoms with Crippen molar-refractivity contribution in [2.24, 2.45) is 0 Å². The molecular weight excluding hydrogens is 270 g/mol. The van der Waals surface area contributed by atoms with Gasteiger partial charge in [0.1, 0.15) is 0 Å². The standard InChI is InChI=1S/C16H27NO4/c1-7-17-13(10-21-11(2)3)12-8-9-14(18-4)16(20-6)15(12)19-5/h8-9,11,13,17H,7,10H2,1-6H3. The van der Waals surface area contributed by atoms with Crippen molar-refractivity contribution in [1.82, 2.24) is 5.32 Å². The van der Waals surface area contributed by atoms with E-state index in [0.29, 0.717) is 23.9 Å². The zero-order chi connectivity index (χ0) is 15.8. The maximum Gasteiger partial charge on any atom is 0.203 e. The number of rotatable bonds is 9. The summed E-state index contributed by atoms with van der Waals surface area (Å²) < 4.78 is 22.0. The first-order valence-electron chi connectivity index (χ1n) is 7.22. The summed E-state index contributed by atoms with van der Waals surface area (Å²) in [5, 5.41) is 3.42. The van der Waals surface area contributed by atoms with E-state index in [1.807, 2.05) is 26.0 Å². The highest BCUT2D eigenvalue weighted by Gasteiger charge is 2.22. The first kappa shape index (κ1) is 17.6. The number of methoxy groups -OCH3 is 3. The van der Waals surface area contributed by atoms with Crippen LogP contribution >= 0.6 is 0 Å². The molecule has 120 valence electrons. The Morgan fingerprint density at radius 2 is 1.67 bits per heavy atom. The van der Waals surface area contributed by atoms with Crippen LogP contribution < -0.4 is 19.5 Å². The van der Waals surface area contributed by atoms with Gasteiger partial charge in [0.05, 0.1) is 40.1 Å². The van der Waals surface area contributed by atoms with Crippen molar-refractivity contribution >= 4 is 0 Å². The zero-order valence-electron chi connectivity index (χ0n) is 13.9. The Balaban J connectivity index is 3.17. The topological polar surface area (TPSA) is 49.0 Å². The lowest BCUT2D eigenvalue weighted by Gasteiger charge is -2.23. The predicted octanol–water partition coefficient (Wildman–Crippen LogP) is 2.79. The summed E-state index contributed by atoms with van der Waals surface area (Å²) in [6.45, 7) is 7.51. The third-order valence-corrected chi connectivity index (χ3v) is 3.16. The van der Waals surface area contributed by atoms with Crippen molar-refractivity contribution in [3.63, 3.8) is 0 Å². The summed E-state index contributed by atoms with van der Waals surface area (Å²) in [7, 11) is 4.85. The van der Waals surface area contributed by atoms with Crippen LogP contribution in [0.5, 0.6) is 17.2 Å². The van der Waals surface area contributed by atoms with Gasteiger partial charge in [0.15, 0.2) is 11.5 Å². The van der Waals surface area contributed by atoms with Crippen LogP contribution in [0.4, 0.5) is 0 Å². The molecule has 0 saturated heterocycles. The molecule has 1 unspecified atom stereocenters. The van der Waals surface area contributed by atoms with Gasteiger partial charge >= 0.3 is 0 Å². The molecule has 0 spiro atoms. The molecule has 0 amide bonds. The normalized spacial score (nSPS) is 12.3. The van der Waals surface area contributed by atoms with E-state index in [9.17, 15) is 0 Å². The minimum Gasteiger partial charge on any atom is -0.493 e. The molecule has 0 aliphatic rings. The van der Waals surface area contributed by atoms with Crippen molar-refractivity contribution < 1.29 is 18.9 Å². The van der Waals surface area contributed by atoms with E-state index < -0.39 is 0 Å². The van der Waals surface area contributed by atoms with Crippen LogP contribution in [0, 0.1) is 0 Å². The molecule has 0 bridgehead atoms. The van der Waals surface area contributed by atoms with E-state index in [1.165, 1.54) is 0 Å². The van der Waals surface area contributed by atoms with E-state index >= 15 is 0 Å². The number of hydrogen-bond donors (Lipinski definition) is 1. The SMILES string of the molecule is CCNC(COC(C)C)c1ccc(OC)c(OC)c1OC. The Bertz CT molecular complexity index is 435. The number of nitrogens with one attached hydrogen (secondary N) is 1. The molecule has 0 heterocycles. The molecular formula is C16H27NO4. The smallest absolute Gasteiger partial charge is 0.203 e. The van der Waals surface area contributed by atoms with Crippen LogP contribution in [0.15, 0.2) is 12.1 Å². The molecule has 0 aromatic heterocycles. The molecule has 0 aliphatic heterocycles. The van der Waals surface area contributed by atoms with Gasteiger partial charge < -0.3 is 24.3 Å². The summed E-state index contributed by atoms with van der Waals surface area (Å²) >= 11 is 0. The van der Waals surface area contributed by atoms with Crippen LogP contribution in [0.2, 0.25) is 0 Å². The summed E-state index contributed by atoms with van der Waals surface area (Å²) in [5.74, 6) is 1.93. The second-order valence-corrected chi connectivity index (χ2v) is 4.92. The highest BCUT2D eigenvalue weighted by Crippen LogP contribution is 2.42. The Morgan fingerprint density at radius 1 is 1.00 bits per heavy atom. The Hall–Kier alpha value is -1.46. The van der Waals surface area contributed by atoms with Crippen molar-refractivity contribution in [2.75, 3.05) is 34.5 Å². The molecule has 1 aromatic carbocycles. The molecule has 0 aliphatic carbocycles. The molecule has 5 heteroatoms. The van der Waals surface area contributed by atoms with Crippen molar-refractivity contribution in [2.45, 2.75) is 32.9 Å². The van der Waals surface area contributed by atoms with Crippen LogP contribution in [-0.2, 0) is 4.74 Å². The maximum atomic E-state index is 5.75. The highest BCUT2D eigenvalue weighted by molar-refractivity contribution is 5.56. The Kier molecular flexibility index (Phi) is 7.32. The molecule has 1 N–H and O–H groups in total. The molecule has 1 aromatic rings. The molecule has 1 atom stereocenters. The second-order valence-electron chi connectivity index (χ2n) is 4.92. The van der Waals surface area contributed by atoms with Crippen LogP contribution in [-0.4, -0.2) is 40.6 Å². The number of ether oxygens (including phenoxy) is 4. The fourth-order valence-corrected chi connectivity index (χ4v) is 2.19. The van der Waals surface area contributed by atoms with Gasteiger partial charge in [-0.25, -0.2) is 0 Å². The summed E-state index contributed by atoms with van der Waals surface area (Å²) in [5.41, 5.74) is 0.998. The Labute approximate surface area is 127 Å². The molecule has 1 rings (SSSR count). The first-order chi connectivity index (χ1) is 10.1. The fraction of sp³-hybridized carbons (Fsp3) is 0.625. The molecule has 21 heavy (non-hydrogen) atoms. The second kappa shape index (κ2) is 8.74. The van der Waals surface area contributed by atoms with E-state index in [4.69, 9.17) is 18.9 Å². The van der Waals surface area contributed by atoms with Gasteiger partial charge in [0, 0.05) is 5.56 Å². The fourth-order valence-electron chi connectivity index (χ4n) is 2.19. The molecule has 0 fully saturated rings. The van der Waals surface area contributed by atoms with Gasteiger partial charge in [0.25, 0.3) is 0 Å². The van der Waals surface area contributed by atoms with Gasteiger partial charge in [-0.05, 0) is 32.5 Å². The lowest BCUT2D eigenvalue weighted by atomic mass is 10.0. The van der Waals surface area contributed by atoms with Crippen molar-refractivity contribution in [1.29, 1.82) is 0 Å². The lowest BCUT2D eigenvalue weighted by Crippen LogP contribution is -2.27. The lowest BCUT2D eigenvalue weighted by molar-refractivity contribution is 0.0608. The number of likely N-dealkylation sites (N-methyl/N-ethyl adjacent to an activating group) is 1. The van der Waals surface area contributed by atoms with E-state index in [1.54, 1.807) is 21.3 Å². The minimum absolute atomic E-state index is 0.0344. The third kappa shape index (κ3) is 4.51. The van der Waals surface area contributed by atoms with Gasteiger partial charge in [0.2, 0.25) is 5.75 Å². The molecule has 0 radical (unpaired) electrons. The Morgan fingerprint density at radius 3 is 2.14 bits per heavy atom. The van der Waals surface area contributed by atoms with Crippen LogP contribution in [0.1, 0.15) is 32.4 Å². The van der Waals surface area contributed by atoms with E-state index in [2.05, 4.69) is 12.2 Å². The largest absolute Gasteiger partial charge is 0.493 e. The van der Waals surface area contributed by atoms with E-state index in [-0.39, 0.29) is 12.1 Å². The summed E-state index contributed by atoms with van der Waals surface area (Å²) in [4.78, 5) is 0. The third-order valence-electron chi connectivity index (χ3n) is 3.16. The van der Waals surface area contributed by atoms with Gasteiger partial charge in [-0.3, -0.25) is 0 Å². The molecule has 0 saturated carbocycles. The van der Waals surface area contributed by atoms with Gasteiger partial charge in [-0.15, -0.1) is 0 Å². The van der Waals surface area contributed by atoms with Crippen molar-refractivity contribution in [3.05, 3.63) is 17.7 Å². The van der Waals surface area contributed by atoms with E-state index in [0.717, 1.165) is 12.1 Å². The van der Waals surface area contributed by atoms with Crippen LogP contribution in [0.25, 0.3) is 0 Å². The summed E-state index contributed by atoms with van der Waals surface area (Å²) in [6, 6.07) is 3.90. The maximum absolute atomic E-state index is 5.75. The average molecular weight is 297 g/mol. The monoisotopic (exact) mass is 297 g/mol. The van der Waals surface area contributed by atoms with Crippen molar-refractivity contribution in [3.8, 4) is 17.2 Å². The first-order valence-corrected chi connectivity index (χ1v) is 7.22. The van der Waals surface area contributed by atoms with Gasteiger partial charge in [-0.2, -0.15) is 0 Å². The quantitative estimate of drug-likeness (QED) is 0.759.